The van der Waals surface area contributed by atoms with Crippen molar-refractivity contribution in [2.75, 3.05) is 7.11 Å². The van der Waals surface area contributed by atoms with Crippen LogP contribution < -0.4 is 4.74 Å². The Morgan fingerprint density at radius 3 is 2.80 bits per heavy atom. The van der Waals surface area contributed by atoms with E-state index in [9.17, 15) is 0 Å². The summed E-state index contributed by atoms with van der Waals surface area (Å²) in [6.45, 7) is 1.88. The van der Waals surface area contributed by atoms with E-state index in [1.807, 2.05) is 55.1 Å². The minimum Gasteiger partial charge on any atom is -0.496 e. The van der Waals surface area contributed by atoms with E-state index in [4.69, 9.17) is 4.74 Å². The summed E-state index contributed by atoms with van der Waals surface area (Å²) in [6, 6.07) is 9.73. The molecule has 25 heavy (non-hydrogen) atoms. The molecule has 0 saturated heterocycles. The molecule has 1 N–H and O–H groups in total. The van der Waals surface area contributed by atoms with Crippen molar-refractivity contribution in [3.8, 4) is 17.1 Å². The fourth-order valence-corrected chi connectivity index (χ4v) is 3.58. The number of nitrogens with one attached hydrogen (secondary N) is 1. The smallest absolute Gasteiger partial charge is 0.197 e. The molecule has 0 aliphatic rings. The third-order valence-corrected chi connectivity index (χ3v) is 4.91. The van der Waals surface area contributed by atoms with Gasteiger partial charge in [-0.3, -0.25) is 0 Å². The van der Waals surface area contributed by atoms with Gasteiger partial charge in [-0.1, -0.05) is 12.1 Å². The number of nitrogens with zero attached hydrogens (tertiary/aromatic N) is 5. The van der Waals surface area contributed by atoms with E-state index in [1.54, 1.807) is 7.11 Å². The first kappa shape index (κ1) is 15.6. The quantitative estimate of drug-likeness (QED) is 0.568. The molecule has 0 radical (unpaired) electrons. The zero-order valence-electron chi connectivity index (χ0n) is 14.0. The maximum Gasteiger partial charge on any atom is 0.197 e. The molecule has 0 aliphatic carbocycles. The van der Waals surface area contributed by atoms with Crippen molar-refractivity contribution in [3.05, 3.63) is 42.4 Å². The van der Waals surface area contributed by atoms with Gasteiger partial charge in [0.15, 0.2) is 11.0 Å². The van der Waals surface area contributed by atoms with Crippen molar-refractivity contribution in [3.63, 3.8) is 0 Å². The summed E-state index contributed by atoms with van der Waals surface area (Å²) in [5.74, 6) is 2.22. The minimum atomic E-state index is 0.713. The number of fused-ring (bicyclic) bond motifs is 1. The van der Waals surface area contributed by atoms with E-state index in [2.05, 4.69) is 25.1 Å². The molecule has 3 heterocycles. The summed E-state index contributed by atoms with van der Waals surface area (Å²) in [5.41, 5.74) is 1.72. The lowest BCUT2D eigenvalue weighted by atomic mass is 10.2. The Balaban J connectivity index is 1.75. The van der Waals surface area contributed by atoms with Crippen LogP contribution in [0.5, 0.6) is 5.75 Å². The Morgan fingerprint density at radius 1 is 1.12 bits per heavy atom. The van der Waals surface area contributed by atoms with Gasteiger partial charge in [0.1, 0.15) is 22.2 Å². The van der Waals surface area contributed by atoms with Crippen LogP contribution in [0.25, 0.3) is 22.4 Å². The van der Waals surface area contributed by atoms with E-state index >= 15 is 0 Å². The van der Waals surface area contributed by atoms with E-state index in [0.29, 0.717) is 5.82 Å². The van der Waals surface area contributed by atoms with Gasteiger partial charge in [0.2, 0.25) is 0 Å². The van der Waals surface area contributed by atoms with Crippen molar-refractivity contribution in [1.29, 1.82) is 0 Å². The number of hydrogen-bond acceptors (Lipinski definition) is 6. The zero-order valence-corrected chi connectivity index (χ0v) is 14.8. The molecule has 0 bridgehead atoms. The monoisotopic (exact) mass is 352 g/mol. The molecule has 1 aromatic carbocycles. The number of H-pyrrole nitrogens is 1. The number of aryl methyl sites for hydroxylation is 1. The Morgan fingerprint density at radius 2 is 1.96 bits per heavy atom. The number of methoxy groups -OCH3 is 1. The summed E-state index contributed by atoms with van der Waals surface area (Å²) in [6.07, 6.45) is 1.86. The van der Waals surface area contributed by atoms with Gasteiger partial charge in [0, 0.05) is 13.2 Å². The number of ether oxygens (including phenoxy) is 1. The molecular formula is C17H16N6OS. The molecule has 0 aliphatic heterocycles. The molecule has 4 rings (SSSR count). The van der Waals surface area contributed by atoms with Crippen LogP contribution in [0.1, 0.15) is 5.82 Å². The highest BCUT2D eigenvalue weighted by Gasteiger charge is 2.17. The second kappa shape index (κ2) is 6.21. The number of hydrogen-bond donors (Lipinski definition) is 1. The van der Waals surface area contributed by atoms with Crippen molar-refractivity contribution in [1.82, 2.24) is 29.7 Å². The molecule has 0 fully saturated rings. The standard InChI is InChI=1S/C17H16N6OS/c1-10-19-14-12(8-9-18-14)16(20-10)25-17-22-21-15(23(17)2)11-6-4-5-7-13(11)24-3/h4-9H,1-3H3,(H,18,19,20). The molecule has 7 nitrogen and oxygen atoms in total. The molecule has 0 saturated carbocycles. The first-order valence-electron chi connectivity index (χ1n) is 7.69. The predicted molar refractivity (Wildman–Crippen MR) is 95.7 cm³/mol. The molecule has 3 aromatic heterocycles. The highest BCUT2D eigenvalue weighted by atomic mass is 32.2. The van der Waals surface area contributed by atoms with Crippen molar-refractivity contribution < 1.29 is 4.74 Å². The number of rotatable bonds is 4. The third kappa shape index (κ3) is 2.74. The fraction of sp³-hybridized carbons (Fsp3) is 0.176. The Bertz CT molecular complexity index is 1050. The summed E-state index contributed by atoms with van der Waals surface area (Å²) in [4.78, 5) is 12.1. The third-order valence-electron chi connectivity index (χ3n) is 3.86. The molecule has 0 amide bonds. The maximum absolute atomic E-state index is 5.43. The number of benzene rings is 1. The van der Waals surface area contributed by atoms with Crippen LogP contribution in [-0.2, 0) is 7.05 Å². The molecule has 0 unspecified atom stereocenters. The molecule has 4 aromatic rings. The van der Waals surface area contributed by atoms with E-state index in [-0.39, 0.29) is 0 Å². The highest BCUT2D eigenvalue weighted by molar-refractivity contribution is 7.99. The lowest BCUT2D eigenvalue weighted by Gasteiger charge is -2.08. The molecule has 126 valence electrons. The minimum absolute atomic E-state index is 0.713. The second-order valence-corrected chi connectivity index (χ2v) is 6.44. The van der Waals surface area contributed by atoms with Gasteiger partial charge in [0.05, 0.1) is 18.1 Å². The topological polar surface area (TPSA) is 81.5 Å². The Kier molecular flexibility index (Phi) is 3.89. The molecule has 0 atom stereocenters. The second-order valence-electron chi connectivity index (χ2n) is 5.48. The highest BCUT2D eigenvalue weighted by Crippen LogP contribution is 2.34. The summed E-state index contributed by atoms with van der Waals surface area (Å²) in [7, 11) is 3.59. The fourth-order valence-electron chi connectivity index (χ4n) is 2.65. The van der Waals surface area contributed by atoms with Crippen LogP contribution in [-0.4, -0.2) is 36.8 Å². The lowest BCUT2D eigenvalue weighted by molar-refractivity contribution is 0.416. The van der Waals surface area contributed by atoms with Gasteiger partial charge in [-0.15, -0.1) is 10.2 Å². The molecular weight excluding hydrogens is 336 g/mol. The van der Waals surface area contributed by atoms with Crippen LogP contribution in [0.15, 0.2) is 46.7 Å². The van der Waals surface area contributed by atoms with Gasteiger partial charge in [-0.05, 0) is 36.9 Å². The summed E-state index contributed by atoms with van der Waals surface area (Å²) >= 11 is 1.47. The SMILES string of the molecule is COc1ccccc1-c1nnc(Sc2nc(C)nc3[nH]ccc23)n1C. The first-order chi connectivity index (χ1) is 12.2. The van der Waals surface area contributed by atoms with E-state index in [0.717, 1.165) is 38.4 Å². The van der Waals surface area contributed by atoms with Gasteiger partial charge in [0.25, 0.3) is 0 Å². The average Bonchev–Trinajstić information content (AvgIpc) is 3.22. The largest absolute Gasteiger partial charge is 0.496 e. The molecule has 0 spiro atoms. The van der Waals surface area contributed by atoms with Gasteiger partial charge < -0.3 is 14.3 Å². The maximum atomic E-state index is 5.43. The predicted octanol–water partition coefficient (Wildman–Crippen LogP) is 3.22. The average molecular weight is 352 g/mol. The molecule has 8 heteroatoms. The van der Waals surface area contributed by atoms with Crippen molar-refractivity contribution in [2.24, 2.45) is 7.05 Å². The Hall–Kier alpha value is -2.87. The summed E-state index contributed by atoms with van der Waals surface area (Å²) < 4.78 is 7.38. The number of aromatic nitrogens is 6. The summed E-state index contributed by atoms with van der Waals surface area (Å²) in [5, 5.41) is 11.2. The van der Waals surface area contributed by atoms with Crippen LogP contribution in [0, 0.1) is 6.92 Å². The normalized spacial score (nSPS) is 11.2. The van der Waals surface area contributed by atoms with E-state index in [1.165, 1.54) is 11.8 Å². The van der Waals surface area contributed by atoms with Crippen LogP contribution in [0.2, 0.25) is 0 Å². The van der Waals surface area contributed by atoms with Gasteiger partial charge >= 0.3 is 0 Å². The van der Waals surface area contributed by atoms with Crippen molar-refractivity contribution >= 4 is 22.8 Å². The zero-order chi connectivity index (χ0) is 17.4. The van der Waals surface area contributed by atoms with Gasteiger partial charge in [-0.2, -0.15) is 0 Å². The number of aromatic amines is 1. The number of para-hydroxylation sites is 1. The van der Waals surface area contributed by atoms with Crippen LogP contribution in [0.3, 0.4) is 0 Å². The first-order valence-corrected chi connectivity index (χ1v) is 8.51. The van der Waals surface area contributed by atoms with Crippen LogP contribution >= 0.6 is 11.8 Å². The van der Waals surface area contributed by atoms with Crippen LogP contribution in [0.4, 0.5) is 0 Å². The lowest BCUT2D eigenvalue weighted by Crippen LogP contribution is -1.98. The Labute approximate surface area is 148 Å². The van der Waals surface area contributed by atoms with Crippen molar-refractivity contribution in [2.45, 2.75) is 17.1 Å². The van der Waals surface area contributed by atoms with Gasteiger partial charge in [-0.25, -0.2) is 9.97 Å². The van der Waals surface area contributed by atoms with E-state index < -0.39 is 0 Å².